The van der Waals surface area contributed by atoms with Gasteiger partial charge >= 0.3 is 0 Å². The number of amides is 2. The van der Waals surface area contributed by atoms with Crippen LogP contribution in [0.1, 0.15) is 35.3 Å². The molecule has 0 heterocycles. The maximum absolute atomic E-state index is 12.4. The average molecular weight is 382 g/mol. The number of anilines is 2. The van der Waals surface area contributed by atoms with Gasteiger partial charge in [-0.1, -0.05) is 43.9 Å². The zero-order valence-corrected chi connectivity index (χ0v) is 16.4. The summed E-state index contributed by atoms with van der Waals surface area (Å²) in [5.74, 6) is 5.85. The molecule has 3 aromatic rings. The van der Waals surface area contributed by atoms with Crippen LogP contribution in [0, 0.1) is 17.8 Å². The van der Waals surface area contributed by atoms with Crippen molar-refractivity contribution < 1.29 is 9.59 Å². The molecule has 0 spiro atoms. The highest BCUT2D eigenvalue weighted by atomic mass is 16.2. The van der Waals surface area contributed by atoms with Crippen LogP contribution in [0.2, 0.25) is 0 Å². The molecule has 29 heavy (non-hydrogen) atoms. The van der Waals surface area contributed by atoms with Gasteiger partial charge in [0, 0.05) is 34.0 Å². The van der Waals surface area contributed by atoms with E-state index in [-0.39, 0.29) is 17.7 Å². The van der Waals surface area contributed by atoms with Crippen LogP contribution in [0.3, 0.4) is 0 Å². The van der Waals surface area contributed by atoms with Crippen LogP contribution in [0.15, 0.2) is 78.9 Å². The molecule has 2 amide bonds. The van der Waals surface area contributed by atoms with Gasteiger partial charge in [-0.15, -0.1) is 0 Å². The molecule has 0 aliphatic rings. The molecule has 0 aliphatic heterocycles. The second kappa shape index (κ2) is 9.38. The Kier molecular flexibility index (Phi) is 6.44. The monoisotopic (exact) mass is 382 g/mol. The van der Waals surface area contributed by atoms with E-state index >= 15 is 0 Å². The van der Waals surface area contributed by atoms with Crippen LogP contribution < -0.4 is 10.6 Å². The molecular formula is C25H22N2O2. The van der Waals surface area contributed by atoms with Crippen molar-refractivity contribution in [1.82, 2.24) is 0 Å². The van der Waals surface area contributed by atoms with Crippen LogP contribution in [0.25, 0.3) is 0 Å². The summed E-state index contributed by atoms with van der Waals surface area (Å²) in [5.41, 5.74) is 3.69. The molecule has 144 valence electrons. The molecule has 0 atom stereocenters. The largest absolute Gasteiger partial charge is 0.326 e. The fourth-order valence-electron chi connectivity index (χ4n) is 2.50. The molecule has 0 unspecified atom stereocenters. The van der Waals surface area contributed by atoms with Gasteiger partial charge in [-0.3, -0.25) is 9.59 Å². The van der Waals surface area contributed by atoms with E-state index in [1.54, 1.807) is 36.4 Å². The highest BCUT2D eigenvalue weighted by molar-refractivity contribution is 6.04. The summed E-state index contributed by atoms with van der Waals surface area (Å²) in [5, 5.41) is 5.67. The topological polar surface area (TPSA) is 58.2 Å². The summed E-state index contributed by atoms with van der Waals surface area (Å²) in [6, 6.07) is 24.0. The lowest BCUT2D eigenvalue weighted by atomic mass is 10.1. The number of carbonyl (C=O) groups excluding carboxylic acids is 2. The second-order valence-electron chi connectivity index (χ2n) is 6.87. The molecule has 3 aromatic carbocycles. The minimum absolute atomic E-state index is 0.0442. The summed E-state index contributed by atoms with van der Waals surface area (Å²) in [4.78, 5) is 24.2. The predicted octanol–water partition coefficient (Wildman–Crippen LogP) is 4.93. The maximum atomic E-state index is 12.4. The molecule has 0 saturated heterocycles. The fourth-order valence-corrected chi connectivity index (χ4v) is 2.50. The first-order valence-electron chi connectivity index (χ1n) is 9.41. The van der Waals surface area contributed by atoms with Crippen molar-refractivity contribution in [3.63, 3.8) is 0 Å². The van der Waals surface area contributed by atoms with E-state index in [1.165, 1.54) is 0 Å². The Bertz CT molecular complexity index is 1040. The van der Waals surface area contributed by atoms with Gasteiger partial charge in [0.15, 0.2) is 0 Å². The van der Waals surface area contributed by atoms with E-state index < -0.39 is 0 Å². The first kappa shape index (κ1) is 19.9. The lowest BCUT2D eigenvalue weighted by Gasteiger charge is -2.09. The normalized spacial score (nSPS) is 10.0. The van der Waals surface area contributed by atoms with Crippen molar-refractivity contribution in [2.75, 3.05) is 10.6 Å². The highest BCUT2D eigenvalue weighted by Crippen LogP contribution is 2.16. The standard InChI is InChI=1S/C25H22N2O2/c1-18(2)24(28)26-22-14-16-23(17-15-22)27-25(29)21-12-10-20(11-13-21)9-8-19-6-4-3-5-7-19/h3-7,10-18H,1-2H3,(H,26,28)(H,27,29). The Balaban J connectivity index is 1.61. The SMILES string of the molecule is CC(C)C(=O)Nc1ccc(NC(=O)c2ccc(C#Cc3ccccc3)cc2)cc1. The van der Waals surface area contributed by atoms with Crippen molar-refractivity contribution in [3.8, 4) is 11.8 Å². The van der Waals surface area contributed by atoms with Gasteiger partial charge in [-0.2, -0.15) is 0 Å². The molecular weight excluding hydrogens is 360 g/mol. The lowest BCUT2D eigenvalue weighted by molar-refractivity contribution is -0.118. The van der Waals surface area contributed by atoms with Gasteiger partial charge in [0.05, 0.1) is 0 Å². The van der Waals surface area contributed by atoms with Crippen molar-refractivity contribution >= 4 is 23.2 Å². The number of rotatable bonds is 4. The molecule has 4 heteroatoms. The van der Waals surface area contributed by atoms with Gasteiger partial charge in [0.2, 0.25) is 5.91 Å². The van der Waals surface area contributed by atoms with Crippen LogP contribution in [0.5, 0.6) is 0 Å². The Hall–Kier alpha value is -3.84. The molecule has 0 saturated carbocycles. The quantitative estimate of drug-likeness (QED) is 0.629. The zero-order valence-electron chi connectivity index (χ0n) is 16.4. The third kappa shape index (κ3) is 5.82. The van der Waals surface area contributed by atoms with Gasteiger partial charge < -0.3 is 10.6 Å². The van der Waals surface area contributed by atoms with E-state index in [9.17, 15) is 9.59 Å². The third-order valence-corrected chi connectivity index (χ3v) is 4.21. The predicted molar refractivity (Wildman–Crippen MR) is 117 cm³/mol. The fraction of sp³-hybridized carbons (Fsp3) is 0.120. The highest BCUT2D eigenvalue weighted by Gasteiger charge is 2.08. The Morgan fingerprint density at radius 3 is 1.76 bits per heavy atom. The number of hydrogen-bond acceptors (Lipinski definition) is 2. The first-order chi connectivity index (χ1) is 14.0. The average Bonchev–Trinajstić information content (AvgIpc) is 2.74. The molecule has 0 aromatic heterocycles. The summed E-state index contributed by atoms with van der Waals surface area (Å²) in [7, 11) is 0. The van der Waals surface area contributed by atoms with Crippen molar-refractivity contribution in [2.24, 2.45) is 5.92 Å². The van der Waals surface area contributed by atoms with Crippen molar-refractivity contribution in [3.05, 3.63) is 95.6 Å². The minimum atomic E-state index is -0.202. The number of carbonyl (C=O) groups is 2. The van der Waals surface area contributed by atoms with Crippen LogP contribution in [-0.4, -0.2) is 11.8 Å². The lowest BCUT2D eigenvalue weighted by Crippen LogP contribution is -2.17. The maximum Gasteiger partial charge on any atom is 0.255 e. The van der Waals surface area contributed by atoms with E-state index in [1.807, 2.05) is 56.3 Å². The minimum Gasteiger partial charge on any atom is -0.326 e. The van der Waals surface area contributed by atoms with E-state index in [0.29, 0.717) is 16.9 Å². The molecule has 4 nitrogen and oxygen atoms in total. The van der Waals surface area contributed by atoms with Gasteiger partial charge in [-0.25, -0.2) is 0 Å². The number of benzene rings is 3. The zero-order chi connectivity index (χ0) is 20.6. The summed E-state index contributed by atoms with van der Waals surface area (Å²) in [6.07, 6.45) is 0. The Labute approximate surface area is 171 Å². The molecule has 0 radical (unpaired) electrons. The van der Waals surface area contributed by atoms with E-state index in [2.05, 4.69) is 22.5 Å². The Morgan fingerprint density at radius 1 is 0.690 bits per heavy atom. The molecule has 3 rings (SSSR count). The van der Waals surface area contributed by atoms with E-state index in [0.717, 1.165) is 11.1 Å². The van der Waals surface area contributed by atoms with E-state index in [4.69, 9.17) is 0 Å². The first-order valence-corrected chi connectivity index (χ1v) is 9.41. The number of hydrogen-bond donors (Lipinski definition) is 2. The van der Waals surface area contributed by atoms with Crippen LogP contribution in [-0.2, 0) is 4.79 Å². The molecule has 0 aliphatic carbocycles. The van der Waals surface area contributed by atoms with Gasteiger partial charge in [-0.05, 0) is 60.7 Å². The van der Waals surface area contributed by atoms with Crippen molar-refractivity contribution in [1.29, 1.82) is 0 Å². The van der Waals surface area contributed by atoms with Gasteiger partial charge in [0.1, 0.15) is 0 Å². The molecule has 2 N–H and O–H groups in total. The summed E-state index contributed by atoms with van der Waals surface area (Å²) < 4.78 is 0. The summed E-state index contributed by atoms with van der Waals surface area (Å²) in [6.45, 7) is 3.67. The molecule has 0 bridgehead atoms. The molecule has 0 fully saturated rings. The van der Waals surface area contributed by atoms with Crippen molar-refractivity contribution in [2.45, 2.75) is 13.8 Å². The number of nitrogens with one attached hydrogen (secondary N) is 2. The van der Waals surface area contributed by atoms with Gasteiger partial charge in [0.25, 0.3) is 5.91 Å². The van der Waals surface area contributed by atoms with Crippen LogP contribution >= 0.6 is 0 Å². The van der Waals surface area contributed by atoms with Crippen LogP contribution in [0.4, 0.5) is 11.4 Å². The smallest absolute Gasteiger partial charge is 0.255 e. The second-order valence-corrected chi connectivity index (χ2v) is 6.87. The Morgan fingerprint density at radius 2 is 1.21 bits per heavy atom. The summed E-state index contributed by atoms with van der Waals surface area (Å²) >= 11 is 0. The third-order valence-electron chi connectivity index (χ3n) is 4.21.